The van der Waals surface area contributed by atoms with Crippen molar-refractivity contribution in [1.29, 1.82) is 0 Å². The second-order valence-corrected chi connectivity index (χ2v) is 3.26. The van der Waals surface area contributed by atoms with Crippen molar-refractivity contribution in [3.63, 3.8) is 0 Å². The number of carbonyl (C=O) groups excluding carboxylic acids is 1. The average molecular weight is 346 g/mol. The molecular formula is C9H10F3IN2O. The number of halogens is 4. The van der Waals surface area contributed by atoms with E-state index in [0.717, 1.165) is 5.69 Å². The van der Waals surface area contributed by atoms with Gasteiger partial charge in [-0.25, -0.2) is 0 Å². The molecule has 0 radical (unpaired) electrons. The van der Waals surface area contributed by atoms with E-state index in [2.05, 4.69) is 32.1 Å². The largest absolute Gasteiger partial charge is 0.397 e. The number of hydrogen-bond donors (Lipinski definition) is 2. The lowest BCUT2D eigenvalue weighted by Crippen LogP contribution is -2.21. The van der Waals surface area contributed by atoms with Gasteiger partial charge in [0.2, 0.25) is 5.91 Å². The van der Waals surface area contributed by atoms with Crippen LogP contribution in [0.5, 0.6) is 0 Å². The van der Waals surface area contributed by atoms with Crippen LogP contribution >= 0.6 is 22.9 Å². The van der Waals surface area contributed by atoms with Gasteiger partial charge in [0.15, 0.2) is 0 Å². The van der Waals surface area contributed by atoms with Gasteiger partial charge < -0.3 is 9.26 Å². The summed E-state index contributed by atoms with van der Waals surface area (Å²) < 4.78 is 36.0. The van der Waals surface area contributed by atoms with Crippen LogP contribution in [-0.4, -0.2) is 12.1 Å². The number of primary amides is 1. The molecule has 0 aliphatic heterocycles. The minimum absolute atomic E-state index is 1.15. The van der Waals surface area contributed by atoms with E-state index in [1.165, 1.54) is 0 Å². The molecule has 0 saturated carbocycles. The standard InChI is InChI=1S/C6H6IN.C3H4F3NO/c7-8-6-4-2-1-3-5-6;4-3(5,6)1-2(7)8/h1-5,8H;1H2,(H2,7,8). The average Bonchev–Trinajstić information content (AvgIpc) is 2.16. The summed E-state index contributed by atoms with van der Waals surface area (Å²) in [6.07, 6.45) is -5.99. The van der Waals surface area contributed by atoms with Gasteiger partial charge in [0, 0.05) is 5.69 Å². The van der Waals surface area contributed by atoms with Crippen LogP contribution in [-0.2, 0) is 4.79 Å². The second kappa shape index (κ2) is 7.31. The van der Waals surface area contributed by atoms with E-state index in [4.69, 9.17) is 0 Å². The van der Waals surface area contributed by atoms with Gasteiger partial charge in [0.25, 0.3) is 0 Å². The number of nitrogens with two attached hydrogens (primary N) is 1. The summed E-state index contributed by atoms with van der Waals surface area (Å²) >= 11 is 2.10. The van der Waals surface area contributed by atoms with Crippen LogP contribution in [0.2, 0.25) is 0 Å². The predicted octanol–water partition coefficient (Wildman–Crippen LogP) is 2.87. The highest BCUT2D eigenvalue weighted by Crippen LogP contribution is 2.17. The fourth-order valence-corrected chi connectivity index (χ4v) is 1.06. The number of para-hydroxylation sites is 1. The Kier molecular flexibility index (Phi) is 6.86. The molecule has 7 heteroatoms. The van der Waals surface area contributed by atoms with E-state index in [1.807, 2.05) is 30.3 Å². The summed E-state index contributed by atoms with van der Waals surface area (Å²) in [7, 11) is 0. The van der Waals surface area contributed by atoms with E-state index in [-0.39, 0.29) is 0 Å². The van der Waals surface area contributed by atoms with E-state index in [9.17, 15) is 18.0 Å². The van der Waals surface area contributed by atoms with Gasteiger partial charge >= 0.3 is 6.18 Å². The number of alkyl halides is 3. The normalized spacial score (nSPS) is 10.0. The zero-order chi connectivity index (χ0) is 12.6. The van der Waals surface area contributed by atoms with Gasteiger partial charge in [-0.3, -0.25) is 4.79 Å². The Hall–Kier alpha value is -0.990. The molecule has 90 valence electrons. The van der Waals surface area contributed by atoms with E-state index >= 15 is 0 Å². The Labute approximate surface area is 105 Å². The smallest absolute Gasteiger partial charge is 0.369 e. The molecule has 1 aromatic rings. The van der Waals surface area contributed by atoms with Crippen LogP contribution in [0, 0.1) is 0 Å². The zero-order valence-electron chi connectivity index (χ0n) is 8.09. The third-order valence-electron chi connectivity index (χ3n) is 1.26. The van der Waals surface area contributed by atoms with Gasteiger partial charge in [-0.2, -0.15) is 13.2 Å². The Morgan fingerprint density at radius 2 is 1.81 bits per heavy atom. The summed E-state index contributed by atoms with van der Waals surface area (Å²) in [5.41, 5.74) is 5.37. The molecule has 0 aliphatic rings. The van der Waals surface area contributed by atoms with Crippen LogP contribution in [0.25, 0.3) is 0 Å². The first-order valence-electron chi connectivity index (χ1n) is 4.12. The number of amides is 1. The molecule has 0 unspecified atom stereocenters. The first kappa shape index (κ1) is 15.0. The molecule has 0 aromatic heterocycles. The van der Waals surface area contributed by atoms with Crippen LogP contribution < -0.4 is 9.26 Å². The molecule has 1 rings (SSSR count). The third-order valence-corrected chi connectivity index (χ3v) is 1.88. The third kappa shape index (κ3) is 9.56. The van der Waals surface area contributed by atoms with Crippen LogP contribution in [0.3, 0.4) is 0 Å². The molecule has 16 heavy (non-hydrogen) atoms. The quantitative estimate of drug-likeness (QED) is 0.639. The maximum atomic E-state index is 11.0. The number of benzene rings is 1. The molecule has 0 atom stereocenters. The first-order chi connectivity index (χ1) is 7.35. The molecule has 0 spiro atoms. The summed E-state index contributed by atoms with van der Waals surface area (Å²) in [5.74, 6) is -1.35. The van der Waals surface area contributed by atoms with Crippen molar-refractivity contribution in [2.45, 2.75) is 12.6 Å². The molecule has 0 fully saturated rings. The van der Waals surface area contributed by atoms with Crippen molar-refractivity contribution in [1.82, 2.24) is 0 Å². The molecule has 3 N–H and O–H groups in total. The zero-order valence-corrected chi connectivity index (χ0v) is 10.2. The lowest BCUT2D eigenvalue weighted by atomic mass is 10.3. The Balaban J connectivity index is 0.000000281. The minimum Gasteiger partial charge on any atom is -0.369 e. The van der Waals surface area contributed by atoms with Crippen LogP contribution in [0.1, 0.15) is 6.42 Å². The Bertz CT molecular complexity index is 316. The lowest BCUT2D eigenvalue weighted by Gasteiger charge is -1.99. The predicted molar refractivity (Wildman–Crippen MR) is 64.0 cm³/mol. The number of nitrogens with one attached hydrogen (secondary N) is 1. The SMILES string of the molecule is INc1ccccc1.NC(=O)CC(F)(F)F. The molecule has 3 nitrogen and oxygen atoms in total. The van der Waals surface area contributed by atoms with Gasteiger partial charge in [0.1, 0.15) is 6.42 Å². The van der Waals surface area contributed by atoms with Gasteiger partial charge in [-0.05, 0) is 12.1 Å². The van der Waals surface area contributed by atoms with Gasteiger partial charge in [-0.15, -0.1) is 0 Å². The van der Waals surface area contributed by atoms with Crippen molar-refractivity contribution in [2.24, 2.45) is 5.73 Å². The number of carbonyl (C=O) groups is 1. The summed E-state index contributed by atoms with van der Waals surface area (Å²) in [6, 6.07) is 10.0. The molecule has 1 aromatic carbocycles. The highest BCUT2D eigenvalue weighted by atomic mass is 127. The second-order valence-electron chi connectivity index (χ2n) is 2.72. The van der Waals surface area contributed by atoms with Crippen LogP contribution in [0.4, 0.5) is 18.9 Å². The summed E-state index contributed by atoms with van der Waals surface area (Å²) in [6.45, 7) is 0. The Morgan fingerprint density at radius 3 is 2.00 bits per heavy atom. The van der Waals surface area contributed by atoms with Crippen molar-refractivity contribution < 1.29 is 18.0 Å². The van der Waals surface area contributed by atoms with Crippen molar-refractivity contribution in [2.75, 3.05) is 3.53 Å². The Morgan fingerprint density at radius 1 is 1.31 bits per heavy atom. The fourth-order valence-electron chi connectivity index (χ4n) is 0.699. The fraction of sp³-hybridized carbons (Fsp3) is 0.222. The molecule has 0 heterocycles. The first-order valence-corrected chi connectivity index (χ1v) is 5.20. The lowest BCUT2D eigenvalue weighted by molar-refractivity contribution is -0.151. The van der Waals surface area contributed by atoms with Gasteiger partial charge in [0.05, 0.1) is 22.9 Å². The monoisotopic (exact) mass is 346 g/mol. The van der Waals surface area contributed by atoms with E-state index < -0.39 is 18.5 Å². The number of hydrogen-bond acceptors (Lipinski definition) is 2. The molecule has 0 saturated heterocycles. The van der Waals surface area contributed by atoms with Crippen molar-refractivity contribution in [3.05, 3.63) is 30.3 Å². The molecule has 1 amide bonds. The molecular weight excluding hydrogens is 336 g/mol. The molecule has 0 bridgehead atoms. The van der Waals surface area contributed by atoms with Crippen molar-refractivity contribution in [3.8, 4) is 0 Å². The minimum atomic E-state index is -4.45. The summed E-state index contributed by atoms with van der Waals surface area (Å²) in [4.78, 5) is 9.52. The molecule has 0 aliphatic carbocycles. The van der Waals surface area contributed by atoms with Crippen molar-refractivity contribution >= 4 is 34.5 Å². The number of anilines is 1. The maximum absolute atomic E-state index is 11.0. The van der Waals surface area contributed by atoms with Crippen LogP contribution in [0.15, 0.2) is 30.3 Å². The van der Waals surface area contributed by atoms with E-state index in [0.29, 0.717) is 0 Å². The van der Waals surface area contributed by atoms with E-state index in [1.54, 1.807) is 0 Å². The van der Waals surface area contributed by atoms with Gasteiger partial charge in [-0.1, -0.05) is 18.2 Å². The maximum Gasteiger partial charge on any atom is 0.397 e. The summed E-state index contributed by atoms with van der Waals surface area (Å²) in [5, 5.41) is 0. The highest BCUT2D eigenvalue weighted by molar-refractivity contribution is 14.1. The topological polar surface area (TPSA) is 55.1 Å². The number of rotatable bonds is 2. The highest BCUT2D eigenvalue weighted by Gasteiger charge is 2.29.